The Morgan fingerprint density at radius 3 is 3.10 bits per heavy atom. The smallest absolute Gasteiger partial charge is 0.0872 e. The Balaban J connectivity index is 2.04. The third kappa shape index (κ3) is 2.46. The van der Waals surface area contributed by atoms with Crippen LogP contribution < -0.4 is 10.6 Å². The zero-order valence-corrected chi connectivity index (χ0v) is 12.2. The number of ether oxygens (including phenoxy) is 1. The number of anilines is 1. The molecule has 1 fully saturated rings. The minimum atomic E-state index is 0.0849. The molecule has 106 valence electrons. The number of hydrogen-bond acceptors (Lipinski definition) is 4. The van der Waals surface area contributed by atoms with E-state index in [1.807, 2.05) is 30.5 Å². The summed E-state index contributed by atoms with van der Waals surface area (Å²) < 4.78 is 5.72. The van der Waals surface area contributed by atoms with Gasteiger partial charge in [-0.2, -0.15) is 0 Å². The van der Waals surface area contributed by atoms with E-state index in [2.05, 4.69) is 16.8 Å². The monoisotopic (exact) mass is 291 g/mol. The summed E-state index contributed by atoms with van der Waals surface area (Å²) in [4.78, 5) is 6.74. The molecule has 1 aromatic heterocycles. The fourth-order valence-electron chi connectivity index (χ4n) is 2.65. The van der Waals surface area contributed by atoms with Crippen molar-refractivity contribution in [2.75, 3.05) is 24.6 Å². The van der Waals surface area contributed by atoms with Gasteiger partial charge in [0.1, 0.15) is 0 Å². The number of pyridine rings is 1. The minimum absolute atomic E-state index is 0.0849. The second kappa shape index (κ2) is 5.56. The fraction of sp³-hybridized carbons (Fsp3) is 0.400. The highest BCUT2D eigenvalue weighted by Crippen LogP contribution is 2.30. The van der Waals surface area contributed by atoms with Gasteiger partial charge in [-0.1, -0.05) is 11.6 Å². The van der Waals surface area contributed by atoms with Crippen LogP contribution in [0.4, 0.5) is 5.69 Å². The van der Waals surface area contributed by atoms with Crippen molar-refractivity contribution in [3.63, 3.8) is 0 Å². The van der Waals surface area contributed by atoms with Crippen LogP contribution >= 0.6 is 11.6 Å². The second-order valence-electron chi connectivity index (χ2n) is 5.18. The third-order valence-corrected chi connectivity index (χ3v) is 3.99. The van der Waals surface area contributed by atoms with Crippen LogP contribution in [0, 0.1) is 0 Å². The standard InChI is InChI=1S/C15H18ClN3O/c1-10-9-20-12(7-17)8-19(10)15-4-5-18-14-6-11(16)2-3-13(14)15/h2-6,10,12H,7-9,17H2,1H3. The minimum Gasteiger partial charge on any atom is -0.373 e. The van der Waals surface area contributed by atoms with E-state index in [4.69, 9.17) is 22.1 Å². The predicted octanol–water partition coefficient (Wildman–Crippen LogP) is 2.44. The zero-order chi connectivity index (χ0) is 14.1. The second-order valence-corrected chi connectivity index (χ2v) is 5.62. The molecule has 1 aromatic carbocycles. The number of morpholine rings is 1. The highest BCUT2D eigenvalue weighted by Gasteiger charge is 2.26. The lowest BCUT2D eigenvalue weighted by molar-refractivity contribution is 0.0284. The maximum absolute atomic E-state index is 6.04. The van der Waals surface area contributed by atoms with Gasteiger partial charge in [-0.25, -0.2) is 0 Å². The first-order valence-electron chi connectivity index (χ1n) is 6.81. The summed E-state index contributed by atoms with van der Waals surface area (Å²) in [5.74, 6) is 0. The number of benzene rings is 1. The number of hydrogen-bond donors (Lipinski definition) is 1. The lowest BCUT2D eigenvalue weighted by Crippen LogP contribution is -2.50. The molecule has 20 heavy (non-hydrogen) atoms. The summed E-state index contributed by atoms with van der Waals surface area (Å²) in [6.07, 6.45) is 1.91. The number of nitrogens with two attached hydrogens (primary N) is 1. The van der Waals surface area contributed by atoms with Gasteiger partial charge in [-0.05, 0) is 31.2 Å². The molecule has 3 rings (SSSR count). The van der Waals surface area contributed by atoms with Crippen LogP contribution in [-0.4, -0.2) is 36.8 Å². The molecule has 0 radical (unpaired) electrons. The molecule has 1 aliphatic heterocycles. The molecule has 5 heteroatoms. The van der Waals surface area contributed by atoms with Crippen LogP contribution in [0.15, 0.2) is 30.5 Å². The first kappa shape index (κ1) is 13.6. The van der Waals surface area contributed by atoms with Crippen LogP contribution in [0.5, 0.6) is 0 Å². The van der Waals surface area contributed by atoms with E-state index in [0.29, 0.717) is 24.2 Å². The molecule has 2 atom stereocenters. The van der Waals surface area contributed by atoms with Crippen molar-refractivity contribution in [2.24, 2.45) is 5.73 Å². The molecular weight excluding hydrogens is 274 g/mol. The molecule has 2 aromatic rings. The average molecular weight is 292 g/mol. The number of nitrogens with zero attached hydrogens (tertiary/aromatic N) is 2. The number of halogens is 1. The van der Waals surface area contributed by atoms with E-state index in [1.165, 1.54) is 5.69 Å². The normalized spacial score (nSPS) is 23.2. The van der Waals surface area contributed by atoms with E-state index >= 15 is 0 Å². The van der Waals surface area contributed by atoms with E-state index in [0.717, 1.165) is 17.4 Å². The van der Waals surface area contributed by atoms with Crippen LogP contribution in [0.3, 0.4) is 0 Å². The first-order chi connectivity index (χ1) is 9.69. The quantitative estimate of drug-likeness (QED) is 0.923. The summed E-state index contributed by atoms with van der Waals surface area (Å²) >= 11 is 6.04. The van der Waals surface area contributed by atoms with Gasteiger partial charge in [0, 0.05) is 41.4 Å². The Morgan fingerprint density at radius 1 is 1.45 bits per heavy atom. The maximum atomic E-state index is 6.04. The summed E-state index contributed by atoms with van der Waals surface area (Å²) in [5, 5.41) is 1.82. The Bertz CT molecular complexity index is 619. The summed E-state index contributed by atoms with van der Waals surface area (Å²) in [7, 11) is 0. The van der Waals surface area contributed by atoms with Gasteiger partial charge in [0.25, 0.3) is 0 Å². The summed E-state index contributed by atoms with van der Waals surface area (Å²) in [6, 6.07) is 8.19. The predicted molar refractivity (Wildman–Crippen MR) is 82.4 cm³/mol. The van der Waals surface area contributed by atoms with E-state index in [9.17, 15) is 0 Å². The van der Waals surface area contributed by atoms with Crippen LogP contribution in [-0.2, 0) is 4.74 Å². The average Bonchev–Trinajstić information content (AvgIpc) is 2.47. The van der Waals surface area contributed by atoms with Gasteiger partial charge in [-0.3, -0.25) is 4.98 Å². The third-order valence-electron chi connectivity index (χ3n) is 3.76. The number of aromatic nitrogens is 1. The fourth-order valence-corrected chi connectivity index (χ4v) is 2.82. The van der Waals surface area contributed by atoms with Crippen molar-refractivity contribution >= 4 is 28.2 Å². The van der Waals surface area contributed by atoms with Crippen molar-refractivity contribution in [3.8, 4) is 0 Å². The maximum Gasteiger partial charge on any atom is 0.0872 e. The van der Waals surface area contributed by atoms with Crippen LogP contribution in [0.25, 0.3) is 10.9 Å². The lowest BCUT2D eigenvalue weighted by atomic mass is 10.1. The van der Waals surface area contributed by atoms with Gasteiger partial charge < -0.3 is 15.4 Å². The van der Waals surface area contributed by atoms with Crippen molar-refractivity contribution in [1.82, 2.24) is 4.98 Å². The Kier molecular flexibility index (Phi) is 3.78. The SMILES string of the molecule is CC1COC(CN)CN1c1ccnc2cc(Cl)ccc12. The van der Waals surface area contributed by atoms with Crippen molar-refractivity contribution < 1.29 is 4.74 Å². The molecule has 2 heterocycles. The topological polar surface area (TPSA) is 51.4 Å². The van der Waals surface area contributed by atoms with Crippen molar-refractivity contribution in [3.05, 3.63) is 35.5 Å². The Morgan fingerprint density at radius 2 is 2.30 bits per heavy atom. The molecule has 0 saturated carbocycles. The van der Waals surface area contributed by atoms with Gasteiger partial charge in [0.05, 0.1) is 18.2 Å². The molecule has 1 aliphatic rings. The molecule has 0 amide bonds. The van der Waals surface area contributed by atoms with Crippen molar-refractivity contribution in [2.45, 2.75) is 19.1 Å². The highest BCUT2D eigenvalue weighted by atomic mass is 35.5. The molecule has 0 aliphatic carbocycles. The van der Waals surface area contributed by atoms with Gasteiger partial charge in [0.2, 0.25) is 0 Å². The van der Waals surface area contributed by atoms with Gasteiger partial charge in [-0.15, -0.1) is 0 Å². The highest BCUT2D eigenvalue weighted by molar-refractivity contribution is 6.31. The largest absolute Gasteiger partial charge is 0.373 e. The Labute approximate surface area is 123 Å². The van der Waals surface area contributed by atoms with E-state index < -0.39 is 0 Å². The summed E-state index contributed by atoms with van der Waals surface area (Å²) in [6.45, 7) is 4.20. The molecule has 4 nitrogen and oxygen atoms in total. The number of fused-ring (bicyclic) bond motifs is 1. The van der Waals surface area contributed by atoms with Crippen molar-refractivity contribution in [1.29, 1.82) is 0 Å². The molecule has 0 bridgehead atoms. The number of rotatable bonds is 2. The summed E-state index contributed by atoms with van der Waals surface area (Å²) in [5.41, 5.74) is 7.82. The van der Waals surface area contributed by atoms with E-state index in [1.54, 1.807) is 0 Å². The lowest BCUT2D eigenvalue weighted by Gasteiger charge is -2.39. The Hall–Kier alpha value is -1.36. The molecule has 2 N–H and O–H groups in total. The zero-order valence-electron chi connectivity index (χ0n) is 11.4. The van der Waals surface area contributed by atoms with E-state index in [-0.39, 0.29) is 6.10 Å². The van der Waals surface area contributed by atoms with Gasteiger partial charge in [0.15, 0.2) is 0 Å². The first-order valence-corrected chi connectivity index (χ1v) is 7.19. The molecule has 2 unspecified atom stereocenters. The molecule has 1 saturated heterocycles. The van der Waals surface area contributed by atoms with Crippen LogP contribution in [0.1, 0.15) is 6.92 Å². The molecule has 0 spiro atoms. The molecular formula is C15H18ClN3O. The van der Waals surface area contributed by atoms with Gasteiger partial charge >= 0.3 is 0 Å². The van der Waals surface area contributed by atoms with Crippen LogP contribution in [0.2, 0.25) is 5.02 Å².